The van der Waals surface area contributed by atoms with Crippen molar-refractivity contribution in [1.29, 1.82) is 0 Å². The maximum atomic E-state index is 15.1. The summed E-state index contributed by atoms with van der Waals surface area (Å²) in [6.45, 7) is 1.41. The highest BCUT2D eigenvalue weighted by Crippen LogP contribution is 2.39. The van der Waals surface area contributed by atoms with Crippen LogP contribution in [0.2, 0.25) is 0 Å². The van der Waals surface area contributed by atoms with E-state index in [9.17, 15) is 26.3 Å². The Bertz CT molecular complexity index is 1300. The van der Waals surface area contributed by atoms with Gasteiger partial charge in [-0.05, 0) is 98.2 Å². The van der Waals surface area contributed by atoms with Gasteiger partial charge >= 0.3 is 6.01 Å². The third-order valence-corrected chi connectivity index (χ3v) is 7.15. The molecule has 202 valence electrons. The molecule has 38 heavy (non-hydrogen) atoms. The van der Waals surface area contributed by atoms with Crippen LogP contribution >= 0.6 is 0 Å². The predicted molar refractivity (Wildman–Crippen MR) is 132 cm³/mol. The zero-order valence-corrected chi connectivity index (χ0v) is 20.8. The van der Waals surface area contributed by atoms with Crippen molar-refractivity contribution in [3.8, 4) is 11.1 Å². The number of ether oxygens (including phenoxy) is 1. The van der Waals surface area contributed by atoms with Crippen molar-refractivity contribution in [2.24, 2.45) is 5.92 Å². The van der Waals surface area contributed by atoms with Gasteiger partial charge in [-0.25, -0.2) is 22.0 Å². The Kier molecular flexibility index (Phi) is 8.80. The van der Waals surface area contributed by atoms with Crippen molar-refractivity contribution >= 4 is 5.83 Å². The van der Waals surface area contributed by atoms with Gasteiger partial charge in [-0.15, -0.1) is 0 Å². The molecule has 8 heteroatoms. The quantitative estimate of drug-likeness (QED) is 0.158. The monoisotopic (exact) mass is 536 g/mol. The third-order valence-electron chi connectivity index (χ3n) is 7.15. The van der Waals surface area contributed by atoms with Crippen LogP contribution in [0.1, 0.15) is 61.6 Å². The molecule has 3 aromatic rings. The topological polar surface area (TPSA) is 9.23 Å². The molecular weight excluding hydrogens is 509 g/mol. The van der Waals surface area contributed by atoms with E-state index in [0.717, 1.165) is 43.9 Å². The molecule has 0 atom stereocenters. The van der Waals surface area contributed by atoms with Crippen LogP contribution in [0, 0.1) is 35.0 Å². The number of hydrogen-bond donors (Lipinski definition) is 0. The van der Waals surface area contributed by atoms with E-state index in [0.29, 0.717) is 29.9 Å². The molecule has 1 aliphatic carbocycles. The Morgan fingerprint density at radius 1 is 0.789 bits per heavy atom. The molecule has 3 aromatic carbocycles. The standard InChI is InChI=1S/C30H27F7O/c1-2-38-30(37)28(35)21-10-12-23(25(32)16-21)20-9-11-22(24(31)15-20)19-7-5-17(6-8-19)3-4-18-13-26(33)29(36)27(34)14-18/h9-17,19H,2-8H2,1H3/b30-28-. The molecule has 1 saturated carbocycles. The lowest BCUT2D eigenvalue weighted by molar-refractivity contribution is 0.156. The second-order valence-electron chi connectivity index (χ2n) is 9.58. The molecular formula is C30H27F7O. The van der Waals surface area contributed by atoms with Crippen LogP contribution in [0.4, 0.5) is 30.7 Å². The Balaban J connectivity index is 1.39. The Labute approximate surface area is 217 Å². The van der Waals surface area contributed by atoms with Crippen molar-refractivity contribution in [1.82, 2.24) is 0 Å². The lowest BCUT2D eigenvalue weighted by atomic mass is 9.76. The van der Waals surface area contributed by atoms with Gasteiger partial charge in [0.15, 0.2) is 17.5 Å². The summed E-state index contributed by atoms with van der Waals surface area (Å²) < 4.78 is 102. The lowest BCUT2D eigenvalue weighted by Crippen LogP contribution is -2.15. The van der Waals surface area contributed by atoms with Gasteiger partial charge in [0.25, 0.3) is 0 Å². The Morgan fingerprint density at radius 2 is 1.47 bits per heavy atom. The predicted octanol–water partition coefficient (Wildman–Crippen LogP) is 9.56. The normalized spacial score (nSPS) is 18.3. The molecule has 0 heterocycles. The van der Waals surface area contributed by atoms with Crippen LogP contribution in [-0.2, 0) is 11.2 Å². The van der Waals surface area contributed by atoms with Crippen LogP contribution in [-0.4, -0.2) is 6.61 Å². The zero-order valence-electron chi connectivity index (χ0n) is 20.8. The minimum atomic E-state index is -1.47. The average Bonchev–Trinajstić information content (AvgIpc) is 2.90. The second kappa shape index (κ2) is 12.0. The Morgan fingerprint density at radius 3 is 2.08 bits per heavy atom. The minimum Gasteiger partial charge on any atom is -0.469 e. The van der Waals surface area contributed by atoms with Gasteiger partial charge in [-0.1, -0.05) is 24.3 Å². The molecule has 1 fully saturated rings. The van der Waals surface area contributed by atoms with Crippen LogP contribution in [0.3, 0.4) is 0 Å². The first-order valence-electron chi connectivity index (χ1n) is 12.6. The van der Waals surface area contributed by atoms with E-state index in [1.807, 2.05) is 0 Å². The van der Waals surface area contributed by atoms with Crippen molar-refractivity contribution in [3.63, 3.8) is 0 Å². The summed E-state index contributed by atoms with van der Waals surface area (Å²) >= 11 is 0. The van der Waals surface area contributed by atoms with E-state index >= 15 is 4.39 Å². The van der Waals surface area contributed by atoms with Gasteiger partial charge in [-0.3, -0.25) is 0 Å². The SMILES string of the molecule is CCO/C(F)=C(\F)c1ccc(-c2ccc(C3CCC(CCc4cc(F)c(F)c(F)c4)CC3)c(F)c2)c(F)c1. The molecule has 0 unspecified atom stereocenters. The Hall–Kier alpha value is -3.29. The van der Waals surface area contributed by atoms with Crippen molar-refractivity contribution in [3.05, 3.63) is 100 Å². The summed E-state index contributed by atoms with van der Waals surface area (Å²) in [5.41, 5.74) is 0.947. The summed E-state index contributed by atoms with van der Waals surface area (Å²) in [5, 5.41) is 0. The lowest BCUT2D eigenvalue weighted by Gasteiger charge is -2.29. The van der Waals surface area contributed by atoms with E-state index in [1.165, 1.54) is 25.1 Å². The number of benzene rings is 3. The summed E-state index contributed by atoms with van der Waals surface area (Å²) in [7, 11) is 0. The highest BCUT2D eigenvalue weighted by molar-refractivity contribution is 5.69. The van der Waals surface area contributed by atoms with Crippen molar-refractivity contribution in [2.45, 2.75) is 51.4 Å². The number of hydrogen-bond acceptors (Lipinski definition) is 1. The smallest absolute Gasteiger partial charge is 0.309 e. The van der Waals surface area contributed by atoms with Crippen LogP contribution in [0.25, 0.3) is 17.0 Å². The fourth-order valence-electron chi connectivity index (χ4n) is 5.10. The summed E-state index contributed by atoms with van der Waals surface area (Å²) in [6, 6.07) is 8.39. The third kappa shape index (κ3) is 6.22. The zero-order chi connectivity index (χ0) is 27.4. The van der Waals surface area contributed by atoms with Crippen LogP contribution in [0.15, 0.2) is 54.5 Å². The van der Waals surface area contributed by atoms with Gasteiger partial charge in [0, 0.05) is 11.1 Å². The largest absolute Gasteiger partial charge is 0.469 e. The average molecular weight is 537 g/mol. The molecule has 0 aromatic heterocycles. The second-order valence-corrected chi connectivity index (χ2v) is 9.58. The summed E-state index contributed by atoms with van der Waals surface area (Å²) in [5.74, 6) is -6.19. The first-order chi connectivity index (χ1) is 18.2. The molecule has 0 bridgehead atoms. The van der Waals surface area contributed by atoms with Gasteiger partial charge in [0.05, 0.1) is 6.61 Å². The van der Waals surface area contributed by atoms with Gasteiger partial charge in [-0.2, -0.15) is 8.78 Å². The number of rotatable bonds is 8. The van der Waals surface area contributed by atoms with Crippen LogP contribution in [0.5, 0.6) is 0 Å². The fourth-order valence-corrected chi connectivity index (χ4v) is 5.10. The van der Waals surface area contributed by atoms with E-state index in [1.54, 1.807) is 12.1 Å². The first-order valence-corrected chi connectivity index (χ1v) is 12.6. The van der Waals surface area contributed by atoms with E-state index < -0.39 is 40.9 Å². The maximum Gasteiger partial charge on any atom is 0.309 e. The number of aryl methyl sites for hydroxylation is 1. The molecule has 0 amide bonds. The van der Waals surface area contributed by atoms with E-state index in [4.69, 9.17) is 0 Å². The summed E-state index contributed by atoms with van der Waals surface area (Å²) in [6.07, 6.45) is 4.20. The van der Waals surface area contributed by atoms with Crippen molar-refractivity contribution in [2.75, 3.05) is 6.61 Å². The molecule has 1 nitrogen and oxygen atoms in total. The van der Waals surface area contributed by atoms with Crippen LogP contribution < -0.4 is 0 Å². The maximum absolute atomic E-state index is 15.1. The molecule has 0 aliphatic heterocycles. The van der Waals surface area contributed by atoms with Gasteiger partial charge in [0.1, 0.15) is 11.6 Å². The summed E-state index contributed by atoms with van der Waals surface area (Å²) in [4.78, 5) is 0. The van der Waals surface area contributed by atoms with E-state index in [2.05, 4.69) is 4.74 Å². The van der Waals surface area contributed by atoms with E-state index in [-0.39, 0.29) is 29.2 Å². The van der Waals surface area contributed by atoms with Gasteiger partial charge < -0.3 is 4.74 Å². The first kappa shape index (κ1) is 27.7. The molecule has 0 spiro atoms. The van der Waals surface area contributed by atoms with Crippen molar-refractivity contribution < 1.29 is 35.5 Å². The minimum absolute atomic E-state index is 0.0194. The molecule has 1 aliphatic rings. The molecule has 4 rings (SSSR count). The molecule has 0 saturated heterocycles. The number of halogens is 7. The van der Waals surface area contributed by atoms with Gasteiger partial charge in [0.2, 0.25) is 5.83 Å². The highest BCUT2D eigenvalue weighted by Gasteiger charge is 2.25. The molecule has 0 radical (unpaired) electrons. The fraction of sp³-hybridized carbons (Fsp3) is 0.333. The molecule has 0 N–H and O–H groups in total. The highest BCUT2D eigenvalue weighted by atomic mass is 19.2.